The van der Waals surface area contributed by atoms with Gasteiger partial charge in [0.1, 0.15) is 0 Å². The fourth-order valence-corrected chi connectivity index (χ4v) is 1.73. The number of rotatable bonds is 9. The quantitative estimate of drug-likeness (QED) is 0.704. The number of hydrogen-bond donors (Lipinski definition) is 1. The average Bonchev–Trinajstić information content (AvgIpc) is 2.45. The Hall–Kier alpha value is -1.30. The van der Waals surface area contributed by atoms with E-state index in [1.54, 1.807) is 14.2 Å². The van der Waals surface area contributed by atoms with Crippen LogP contribution in [0.4, 0.5) is 0 Å². The van der Waals surface area contributed by atoms with Crippen LogP contribution in [0.5, 0.6) is 11.5 Å². The van der Waals surface area contributed by atoms with Gasteiger partial charge in [0.25, 0.3) is 0 Å². The molecule has 1 rings (SSSR count). The summed E-state index contributed by atoms with van der Waals surface area (Å²) in [6, 6.07) is 5.43. The van der Waals surface area contributed by atoms with Crippen LogP contribution in [0.25, 0.3) is 0 Å². The van der Waals surface area contributed by atoms with Gasteiger partial charge in [0.2, 0.25) is 0 Å². The molecule has 0 radical (unpaired) electrons. The molecule has 0 saturated heterocycles. The molecule has 2 N–H and O–H groups in total. The van der Waals surface area contributed by atoms with E-state index in [4.69, 9.17) is 24.7 Å². The van der Waals surface area contributed by atoms with Crippen LogP contribution in [0.15, 0.2) is 18.2 Å². The Balaban J connectivity index is 2.45. The molecule has 0 aliphatic rings. The lowest BCUT2D eigenvalue weighted by Crippen LogP contribution is -2.19. The minimum absolute atomic E-state index is 0.200. The van der Waals surface area contributed by atoms with Gasteiger partial charge in [-0.15, -0.1) is 0 Å². The third-order valence-corrected chi connectivity index (χ3v) is 2.81. The SMILES string of the molecule is COc1ccc(C(N)COCCOC(C)C)cc1OC. The standard InChI is InChI=1S/C15H25NO4/c1-11(2)20-8-7-19-10-13(16)12-5-6-14(17-3)15(9-12)18-4/h5-6,9,11,13H,7-8,10,16H2,1-4H3. The number of hydrogen-bond acceptors (Lipinski definition) is 5. The molecule has 0 aliphatic carbocycles. The maximum absolute atomic E-state index is 6.09. The lowest BCUT2D eigenvalue weighted by Gasteiger charge is -2.15. The van der Waals surface area contributed by atoms with E-state index in [9.17, 15) is 0 Å². The highest BCUT2D eigenvalue weighted by atomic mass is 16.5. The van der Waals surface area contributed by atoms with Gasteiger partial charge in [-0.2, -0.15) is 0 Å². The van der Waals surface area contributed by atoms with Gasteiger partial charge in [0, 0.05) is 0 Å². The summed E-state index contributed by atoms with van der Waals surface area (Å²) in [5.74, 6) is 1.36. The summed E-state index contributed by atoms with van der Waals surface area (Å²) in [6.07, 6.45) is 0.220. The van der Waals surface area contributed by atoms with Gasteiger partial charge in [0.05, 0.1) is 46.2 Å². The van der Waals surface area contributed by atoms with Crippen molar-refractivity contribution in [1.29, 1.82) is 0 Å². The van der Waals surface area contributed by atoms with Crippen LogP contribution < -0.4 is 15.2 Å². The molecule has 114 valence electrons. The average molecular weight is 283 g/mol. The second-order valence-electron chi connectivity index (χ2n) is 4.72. The first-order valence-corrected chi connectivity index (χ1v) is 6.75. The normalized spacial score (nSPS) is 12.5. The van der Waals surface area contributed by atoms with Gasteiger partial charge in [-0.3, -0.25) is 0 Å². The molecular weight excluding hydrogens is 258 g/mol. The van der Waals surface area contributed by atoms with Crippen molar-refractivity contribution in [3.8, 4) is 11.5 Å². The zero-order valence-electron chi connectivity index (χ0n) is 12.7. The number of methoxy groups -OCH3 is 2. The van der Waals surface area contributed by atoms with Gasteiger partial charge in [-0.05, 0) is 31.5 Å². The van der Waals surface area contributed by atoms with Crippen molar-refractivity contribution in [3.05, 3.63) is 23.8 Å². The Morgan fingerprint density at radius 2 is 1.75 bits per heavy atom. The van der Waals surface area contributed by atoms with Gasteiger partial charge in [-0.25, -0.2) is 0 Å². The van der Waals surface area contributed by atoms with Gasteiger partial charge in [0.15, 0.2) is 11.5 Å². The summed E-state index contributed by atoms with van der Waals surface area (Å²) < 4.78 is 21.3. The molecule has 0 aromatic heterocycles. The molecule has 20 heavy (non-hydrogen) atoms. The van der Waals surface area contributed by atoms with Crippen LogP contribution in [-0.4, -0.2) is 40.1 Å². The molecule has 1 atom stereocenters. The first-order valence-electron chi connectivity index (χ1n) is 6.75. The maximum Gasteiger partial charge on any atom is 0.161 e. The summed E-state index contributed by atoms with van der Waals surface area (Å²) in [5, 5.41) is 0. The highest BCUT2D eigenvalue weighted by Crippen LogP contribution is 2.29. The second kappa shape index (κ2) is 8.79. The van der Waals surface area contributed by atoms with Crippen molar-refractivity contribution in [2.45, 2.75) is 26.0 Å². The van der Waals surface area contributed by atoms with Gasteiger partial charge >= 0.3 is 0 Å². The summed E-state index contributed by atoms with van der Waals surface area (Å²) in [6.45, 7) is 5.55. The smallest absolute Gasteiger partial charge is 0.161 e. The van der Waals surface area contributed by atoms with E-state index in [2.05, 4.69) is 0 Å². The van der Waals surface area contributed by atoms with E-state index in [-0.39, 0.29) is 12.1 Å². The largest absolute Gasteiger partial charge is 0.493 e. The number of benzene rings is 1. The molecule has 0 heterocycles. The maximum atomic E-state index is 6.09. The first kappa shape index (κ1) is 16.8. The lowest BCUT2D eigenvalue weighted by molar-refractivity contribution is 0.0161. The molecule has 1 aromatic rings. The Bertz CT molecular complexity index is 395. The Morgan fingerprint density at radius 3 is 2.35 bits per heavy atom. The van der Waals surface area contributed by atoms with E-state index in [0.29, 0.717) is 31.3 Å². The molecule has 0 spiro atoms. The minimum Gasteiger partial charge on any atom is -0.493 e. The van der Waals surface area contributed by atoms with Crippen LogP contribution in [0.1, 0.15) is 25.5 Å². The van der Waals surface area contributed by atoms with Crippen LogP contribution >= 0.6 is 0 Å². The van der Waals surface area contributed by atoms with Crippen molar-refractivity contribution in [3.63, 3.8) is 0 Å². The number of nitrogens with two attached hydrogens (primary N) is 1. The Kier molecular flexibility index (Phi) is 7.36. The lowest BCUT2D eigenvalue weighted by atomic mass is 10.1. The monoisotopic (exact) mass is 283 g/mol. The van der Waals surface area contributed by atoms with Crippen LogP contribution in [0, 0.1) is 0 Å². The third-order valence-electron chi connectivity index (χ3n) is 2.81. The van der Waals surface area contributed by atoms with Crippen molar-refractivity contribution in [1.82, 2.24) is 0 Å². The molecule has 1 aromatic carbocycles. The third kappa shape index (κ3) is 5.36. The van der Waals surface area contributed by atoms with Crippen LogP contribution in [0.2, 0.25) is 0 Å². The summed E-state index contributed by atoms with van der Waals surface area (Å²) in [4.78, 5) is 0. The fraction of sp³-hybridized carbons (Fsp3) is 0.600. The summed E-state index contributed by atoms with van der Waals surface area (Å²) >= 11 is 0. The topological polar surface area (TPSA) is 62.9 Å². The Morgan fingerprint density at radius 1 is 1.05 bits per heavy atom. The zero-order chi connectivity index (χ0) is 15.0. The molecule has 0 bridgehead atoms. The highest BCUT2D eigenvalue weighted by molar-refractivity contribution is 5.43. The molecule has 5 heteroatoms. The molecule has 0 aliphatic heterocycles. The van der Waals surface area contributed by atoms with E-state index >= 15 is 0 Å². The predicted molar refractivity (Wildman–Crippen MR) is 78.4 cm³/mol. The van der Waals surface area contributed by atoms with Crippen molar-refractivity contribution in [2.75, 3.05) is 34.0 Å². The van der Waals surface area contributed by atoms with Gasteiger partial charge < -0.3 is 24.7 Å². The highest BCUT2D eigenvalue weighted by Gasteiger charge is 2.10. The minimum atomic E-state index is -0.200. The molecule has 0 fully saturated rings. The molecular formula is C15H25NO4. The van der Waals surface area contributed by atoms with E-state index in [0.717, 1.165) is 5.56 Å². The predicted octanol–water partition coefficient (Wildman–Crippen LogP) is 2.15. The van der Waals surface area contributed by atoms with E-state index < -0.39 is 0 Å². The first-order chi connectivity index (χ1) is 9.58. The van der Waals surface area contributed by atoms with E-state index in [1.807, 2.05) is 32.0 Å². The summed E-state index contributed by atoms with van der Waals surface area (Å²) in [5.41, 5.74) is 7.04. The second-order valence-corrected chi connectivity index (χ2v) is 4.72. The molecule has 5 nitrogen and oxygen atoms in total. The van der Waals surface area contributed by atoms with Crippen LogP contribution in [-0.2, 0) is 9.47 Å². The van der Waals surface area contributed by atoms with Crippen molar-refractivity contribution < 1.29 is 18.9 Å². The molecule has 0 saturated carbocycles. The van der Waals surface area contributed by atoms with Gasteiger partial charge in [-0.1, -0.05) is 6.07 Å². The molecule has 0 amide bonds. The number of ether oxygens (including phenoxy) is 4. The van der Waals surface area contributed by atoms with Crippen LogP contribution in [0.3, 0.4) is 0 Å². The fourth-order valence-electron chi connectivity index (χ4n) is 1.73. The summed E-state index contributed by atoms with van der Waals surface area (Å²) in [7, 11) is 3.21. The Labute approximate surface area is 121 Å². The van der Waals surface area contributed by atoms with Crippen molar-refractivity contribution >= 4 is 0 Å². The zero-order valence-corrected chi connectivity index (χ0v) is 12.7. The van der Waals surface area contributed by atoms with Crippen molar-refractivity contribution in [2.24, 2.45) is 5.73 Å². The molecule has 1 unspecified atom stereocenters. The van der Waals surface area contributed by atoms with E-state index in [1.165, 1.54) is 0 Å².